The highest BCUT2D eigenvalue weighted by molar-refractivity contribution is 4.69. The zero-order chi connectivity index (χ0) is 10.3. The van der Waals surface area contributed by atoms with E-state index >= 15 is 0 Å². The average Bonchev–Trinajstić information content (AvgIpc) is 2.06. The van der Waals surface area contributed by atoms with Crippen LogP contribution in [0.4, 0.5) is 0 Å². The predicted octanol–water partition coefficient (Wildman–Crippen LogP) is 2.39. The van der Waals surface area contributed by atoms with E-state index in [2.05, 4.69) is 25.8 Å². The predicted molar refractivity (Wildman–Crippen MR) is 58.0 cm³/mol. The quantitative estimate of drug-likeness (QED) is 0.658. The van der Waals surface area contributed by atoms with Gasteiger partial charge in [-0.1, -0.05) is 27.7 Å². The van der Waals surface area contributed by atoms with Gasteiger partial charge in [-0.15, -0.1) is 0 Å². The second-order valence-corrected chi connectivity index (χ2v) is 3.88. The van der Waals surface area contributed by atoms with E-state index < -0.39 is 0 Å². The summed E-state index contributed by atoms with van der Waals surface area (Å²) in [5, 5.41) is 0. The molecule has 0 spiro atoms. The lowest BCUT2D eigenvalue weighted by Gasteiger charge is -2.30. The fourth-order valence-corrected chi connectivity index (χ4v) is 1.54. The van der Waals surface area contributed by atoms with E-state index in [-0.39, 0.29) is 0 Å². The zero-order valence-electron chi connectivity index (χ0n) is 9.84. The third-order valence-electron chi connectivity index (χ3n) is 2.08. The summed E-state index contributed by atoms with van der Waals surface area (Å²) in [5.41, 5.74) is 0. The fourth-order valence-electron chi connectivity index (χ4n) is 1.54. The molecule has 1 unspecified atom stereocenters. The molecule has 1 aliphatic heterocycles. The molecule has 1 fully saturated rings. The first kappa shape index (κ1) is 12.9. The monoisotopic (exact) mass is 187 g/mol. The Morgan fingerprint density at radius 3 is 2.46 bits per heavy atom. The Morgan fingerprint density at radius 1 is 1.38 bits per heavy atom. The largest absolute Gasteiger partial charge is 0.376 e. The number of likely N-dealkylation sites (N-methyl/N-ethyl adjacent to an activating group) is 1. The van der Waals surface area contributed by atoms with Gasteiger partial charge in [-0.05, 0) is 19.4 Å². The summed E-state index contributed by atoms with van der Waals surface area (Å²) in [7, 11) is 2.16. The number of morpholine rings is 1. The highest BCUT2D eigenvalue weighted by Gasteiger charge is 2.17. The maximum Gasteiger partial charge on any atom is 0.0704 e. The molecule has 0 bridgehead atoms. The summed E-state index contributed by atoms with van der Waals surface area (Å²) in [5.74, 6) is 0.756. The second-order valence-electron chi connectivity index (χ2n) is 3.88. The van der Waals surface area contributed by atoms with E-state index in [1.807, 2.05) is 13.8 Å². The minimum absolute atomic E-state index is 0.480. The van der Waals surface area contributed by atoms with Crippen molar-refractivity contribution in [3.05, 3.63) is 0 Å². The molecular formula is C11H25NO. The summed E-state index contributed by atoms with van der Waals surface area (Å²) < 4.78 is 5.62. The molecule has 80 valence electrons. The Labute approximate surface area is 83.3 Å². The number of hydrogen-bond acceptors (Lipinski definition) is 2. The summed E-state index contributed by atoms with van der Waals surface area (Å²) in [6, 6.07) is 0. The molecule has 2 nitrogen and oxygen atoms in total. The number of nitrogens with zero attached hydrogens (tertiary/aromatic N) is 1. The van der Waals surface area contributed by atoms with E-state index in [1.54, 1.807) is 0 Å². The topological polar surface area (TPSA) is 12.5 Å². The molecule has 0 aliphatic carbocycles. The molecule has 0 N–H and O–H groups in total. The molecule has 0 saturated carbocycles. The van der Waals surface area contributed by atoms with Crippen LogP contribution in [0.3, 0.4) is 0 Å². The van der Waals surface area contributed by atoms with Crippen LogP contribution in [0.2, 0.25) is 0 Å². The molecular weight excluding hydrogens is 162 g/mol. The van der Waals surface area contributed by atoms with Gasteiger partial charge in [0.1, 0.15) is 0 Å². The van der Waals surface area contributed by atoms with Crippen LogP contribution in [0.5, 0.6) is 0 Å². The molecule has 0 aromatic rings. The van der Waals surface area contributed by atoms with Gasteiger partial charge in [0.15, 0.2) is 0 Å². The lowest BCUT2D eigenvalue weighted by Crippen LogP contribution is -2.40. The third-order valence-corrected chi connectivity index (χ3v) is 2.08. The molecule has 1 aliphatic rings. The van der Waals surface area contributed by atoms with E-state index in [4.69, 9.17) is 4.74 Å². The van der Waals surface area contributed by atoms with Crippen LogP contribution in [0, 0.1) is 5.92 Å². The third kappa shape index (κ3) is 6.05. The first-order chi connectivity index (χ1) is 6.18. The van der Waals surface area contributed by atoms with E-state index in [0.717, 1.165) is 25.6 Å². The fraction of sp³-hybridized carbons (Fsp3) is 1.00. The average molecular weight is 187 g/mol. The van der Waals surface area contributed by atoms with Crippen molar-refractivity contribution in [1.82, 2.24) is 4.90 Å². The van der Waals surface area contributed by atoms with Gasteiger partial charge in [0.2, 0.25) is 0 Å². The van der Waals surface area contributed by atoms with Gasteiger partial charge in [0.25, 0.3) is 0 Å². The van der Waals surface area contributed by atoms with Crippen molar-refractivity contribution < 1.29 is 4.74 Å². The van der Waals surface area contributed by atoms with Gasteiger partial charge in [0, 0.05) is 13.1 Å². The minimum atomic E-state index is 0.480. The Hall–Kier alpha value is -0.0800. The van der Waals surface area contributed by atoms with Crippen molar-refractivity contribution >= 4 is 0 Å². The summed E-state index contributed by atoms with van der Waals surface area (Å²) in [4.78, 5) is 2.34. The molecule has 13 heavy (non-hydrogen) atoms. The molecule has 0 amide bonds. The van der Waals surface area contributed by atoms with Gasteiger partial charge < -0.3 is 9.64 Å². The highest BCUT2D eigenvalue weighted by Crippen LogP contribution is 2.12. The summed E-state index contributed by atoms with van der Waals surface area (Å²) >= 11 is 0. The molecule has 1 heterocycles. The Morgan fingerprint density at radius 2 is 2.00 bits per heavy atom. The van der Waals surface area contributed by atoms with E-state index in [1.165, 1.54) is 6.42 Å². The lowest BCUT2D eigenvalue weighted by atomic mass is 10.1. The van der Waals surface area contributed by atoms with Crippen molar-refractivity contribution in [3.8, 4) is 0 Å². The molecule has 1 atom stereocenters. The van der Waals surface area contributed by atoms with Crippen LogP contribution >= 0.6 is 0 Å². The Balaban J connectivity index is 0.000000671. The number of ether oxygens (including phenoxy) is 1. The first-order valence-electron chi connectivity index (χ1n) is 5.48. The Kier molecular flexibility index (Phi) is 7.29. The van der Waals surface area contributed by atoms with Gasteiger partial charge in [-0.2, -0.15) is 0 Å². The smallest absolute Gasteiger partial charge is 0.0704 e. The van der Waals surface area contributed by atoms with Crippen molar-refractivity contribution in [2.45, 2.75) is 40.2 Å². The summed E-state index contributed by atoms with van der Waals surface area (Å²) in [6.07, 6.45) is 1.68. The van der Waals surface area contributed by atoms with Crippen LogP contribution < -0.4 is 0 Å². The molecule has 0 radical (unpaired) electrons. The minimum Gasteiger partial charge on any atom is -0.376 e. The van der Waals surface area contributed by atoms with Crippen LogP contribution in [-0.4, -0.2) is 37.7 Å². The second kappa shape index (κ2) is 7.34. The van der Waals surface area contributed by atoms with E-state index in [0.29, 0.717) is 6.10 Å². The molecule has 1 saturated heterocycles. The maximum atomic E-state index is 5.62. The van der Waals surface area contributed by atoms with Crippen LogP contribution in [0.25, 0.3) is 0 Å². The van der Waals surface area contributed by atoms with Crippen molar-refractivity contribution in [2.75, 3.05) is 26.7 Å². The van der Waals surface area contributed by atoms with Crippen LogP contribution in [-0.2, 0) is 4.74 Å². The van der Waals surface area contributed by atoms with Crippen molar-refractivity contribution in [1.29, 1.82) is 0 Å². The summed E-state index contributed by atoms with van der Waals surface area (Å²) in [6.45, 7) is 11.6. The number of hydrogen-bond donors (Lipinski definition) is 0. The van der Waals surface area contributed by atoms with Gasteiger partial charge >= 0.3 is 0 Å². The van der Waals surface area contributed by atoms with E-state index in [9.17, 15) is 0 Å². The normalized spacial score (nSPS) is 24.0. The van der Waals surface area contributed by atoms with Crippen molar-refractivity contribution in [3.63, 3.8) is 0 Å². The molecule has 2 heteroatoms. The first-order valence-corrected chi connectivity index (χ1v) is 5.48. The molecule has 0 aromatic carbocycles. The standard InChI is InChI=1S/C9H19NO.C2H6/c1-8(2)6-9-7-10(3)4-5-11-9;1-2/h8-9H,4-7H2,1-3H3;1-2H3. The SMILES string of the molecule is CC.CC(C)CC1CN(C)CCO1. The highest BCUT2D eigenvalue weighted by atomic mass is 16.5. The van der Waals surface area contributed by atoms with Gasteiger partial charge in [-0.25, -0.2) is 0 Å². The lowest BCUT2D eigenvalue weighted by molar-refractivity contribution is -0.0288. The van der Waals surface area contributed by atoms with Gasteiger partial charge in [0.05, 0.1) is 12.7 Å². The Bertz CT molecular complexity index is 113. The zero-order valence-corrected chi connectivity index (χ0v) is 9.84. The molecule has 1 rings (SSSR count). The maximum absolute atomic E-state index is 5.62. The molecule has 0 aromatic heterocycles. The van der Waals surface area contributed by atoms with Crippen LogP contribution in [0.15, 0.2) is 0 Å². The van der Waals surface area contributed by atoms with Gasteiger partial charge in [-0.3, -0.25) is 0 Å². The number of rotatable bonds is 2. The van der Waals surface area contributed by atoms with Crippen molar-refractivity contribution in [2.24, 2.45) is 5.92 Å². The van der Waals surface area contributed by atoms with Crippen LogP contribution in [0.1, 0.15) is 34.1 Å².